The summed E-state index contributed by atoms with van der Waals surface area (Å²) in [6.45, 7) is 3.48. The number of nitrogens with zero attached hydrogens (tertiary/aromatic N) is 3. The van der Waals surface area contributed by atoms with Crippen molar-refractivity contribution in [1.29, 1.82) is 0 Å². The Hall–Kier alpha value is -5.86. The Morgan fingerprint density at radius 1 is 1.02 bits per heavy atom. The molecule has 0 aliphatic carbocycles. The number of halogens is 1. The van der Waals surface area contributed by atoms with Crippen LogP contribution in [0.5, 0.6) is 0 Å². The van der Waals surface area contributed by atoms with Crippen LogP contribution in [0, 0.1) is 5.82 Å². The first kappa shape index (κ1) is 33.1. The summed E-state index contributed by atoms with van der Waals surface area (Å²) in [5.74, 6) is -1.46. The van der Waals surface area contributed by atoms with Crippen LogP contribution in [-0.2, 0) is 27.3 Å². The Morgan fingerprint density at radius 2 is 1.76 bits per heavy atom. The van der Waals surface area contributed by atoms with Gasteiger partial charge in [-0.05, 0) is 60.4 Å². The average Bonchev–Trinajstić information content (AvgIpc) is 3.75. The van der Waals surface area contributed by atoms with E-state index in [9.17, 15) is 23.6 Å². The number of fused-ring (bicyclic) bond motifs is 1. The second kappa shape index (κ2) is 14.5. The summed E-state index contributed by atoms with van der Waals surface area (Å²) in [5, 5.41) is 4.18. The fourth-order valence-electron chi connectivity index (χ4n) is 5.20. The molecule has 0 saturated carbocycles. The number of ether oxygens (including phenoxy) is 1. The molecule has 0 spiro atoms. The average molecular weight is 684 g/mol. The monoisotopic (exact) mass is 683 g/mol. The van der Waals surface area contributed by atoms with Crippen molar-refractivity contribution in [3.8, 4) is 22.5 Å². The van der Waals surface area contributed by atoms with E-state index in [-0.39, 0.29) is 18.8 Å². The molecule has 0 aliphatic heterocycles. The Labute approximate surface area is 281 Å². The minimum Gasteiger partial charge on any atom is -0.464 e. The van der Waals surface area contributed by atoms with Crippen LogP contribution in [0.1, 0.15) is 29.9 Å². The minimum atomic E-state index is -0.655. The maximum atomic E-state index is 14.1. The quantitative estimate of drug-likeness (QED) is 0.134. The maximum absolute atomic E-state index is 14.1. The number of rotatable bonds is 12. The number of thiophene rings is 1. The number of H-pyrrole nitrogens is 1. The first-order valence-electron chi connectivity index (χ1n) is 15.3. The molecule has 0 fully saturated rings. The van der Waals surface area contributed by atoms with Crippen LogP contribution in [0.15, 0.2) is 97.8 Å². The van der Waals surface area contributed by atoms with Crippen LogP contribution in [0.3, 0.4) is 0 Å². The topological polar surface area (TPSA) is 150 Å². The number of carbonyl (C=O) groups is 1. The van der Waals surface area contributed by atoms with E-state index >= 15 is 0 Å². The molecular formula is C35H30FN5O7S. The van der Waals surface area contributed by atoms with Gasteiger partial charge in [-0.15, -0.1) is 11.3 Å². The smallest absolute Gasteiger partial charge is 0.439 e. The van der Waals surface area contributed by atoms with Crippen molar-refractivity contribution in [3.63, 3.8) is 0 Å². The largest absolute Gasteiger partial charge is 0.464 e. The van der Waals surface area contributed by atoms with Crippen molar-refractivity contribution >= 4 is 39.4 Å². The molecule has 3 aromatic heterocycles. The molecule has 14 heteroatoms. The number of aromatic nitrogens is 4. The Morgan fingerprint density at radius 3 is 2.43 bits per heavy atom. The molecule has 0 atom stereocenters. The molecule has 49 heavy (non-hydrogen) atoms. The van der Waals surface area contributed by atoms with Crippen molar-refractivity contribution in [2.45, 2.75) is 26.8 Å². The standard InChI is InChI=1S/C35H30FN5O7S/c1-3-25-17-28-32(43)40(19-29(23-13-15-24(36)16-14-23)38-47-20-30(42)46-4-2)35(45)41(33(28)49-25)18-21-9-11-22(12-10-21)26-7-5-6-8-27(26)31-37-34(44)48-39-31/h5-17,19,38H,3-4,18,20H2,1-2H3,(H,37,39,44). The number of hydrogen-bond acceptors (Lipinski definition) is 10. The number of aryl methyl sites for hydroxylation is 1. The van der Waals surface area contributed by atoms with Gasteiger partial charge >= 0.3 is 17.4 Å². The normalized spacial score (nSPS) is 11.6. The molecule has 0 amide bonds. The molecular weight excluding hydrogens is 653 g/mol. The molecule has 12 nitrogen and oxygen atoms in total. The van der Waals surface area contributed by atoms with Crippen molar-refractivity contribution < 1.29 is 23.3 Å². The van der Waals surface area contributed by atoms with Gasteiger partial charge in [0.1, 0.15) is 10.6 Å². The molecule has 0 saturated heterocycles. The van der Waals surface area contributed by atoms with Crippen molar-refractivity contribution in [1.82, 2.24) is 24.8 Å². The van der Waals surface area contributed by atoms with Crippen LogP contribution in [0.2, 0.25) is 0 Å². The van der Waals surface area contributed by atoms with Gasteiger partial charge in [-0.1, -0.05) is 60.6 Å². The lowest BCUT2D eigenvalue weighted by Gasteiger charge is -2.14. The molecule has 3 aromatic carbocycles. The van der Waals surface area contributed by atoms with Gasteiger partial charge in [-0.2, -0.15) is 0 Å². The summed E-state index contributed by atoms with van der Waals surface area (Å²) in [4.78, 5) is 60.7. The number of carbonyl (C=O) groups excluding carboxylic acids is 1. The summed E-state index contributed by atoms with van der Waals surface area (Å²) >= 11 is 1.37. The Kier molecular flexibility index (Phi) is 9.78. The second-order valence-corrected chi connectivity index (χ2v) is 11.9. The van der Waals surface area contributed by atoms with Crippen molar-refractivity contribution in [2.24, 2.45) is 0 Å². The molecule has 2 N–H and O–H groups in total. The number of benzene rings is 3. The van der Waals surface area contributed by atoms with E-state index in [1.54, 1.807) is 13.0 Å². The van der Waals surface area contributed by atoms with E-state index in [2.05, 4.69) is 15.6 Å². The van der Waals surface area contributed by atoms with Crippen LogP contribution in [0.25, 0.3) is 44.6 Å². The summed E-state index contributed by atoms with van der Waals surface area (Å²) in [7, 11) is 0. The number of aromatic amines is 1. The molecule has 6 rings (SSSR count). The van der Waals surface area contributed by atoms with E-state index in [1.807, 2.05) is 55.5 Å². The van der Waals surface area contributed by atoms with E-state index in [0.29, 0.717) is 33.6 Å². The molecule has 0 aliphatic rings. The third-order valence-electron chi connectivity index (χ3n) is 7.56. The SMILES string of the molecule is CCOC(=O)CONC(=Cn1c(=O)c2cc(CC)sc2n(Cc2ccc(-c3ccccc3-c3noc(=O)[nH]3)cc2)c1=O)c1ccc(F)cc1. The predicted octanol–water partition coefficient (Wildman–Crippen LogP) is 5.02. The van der Waals surface area contributed by atoms with Crippen LogP contribution in [-0.4, -0.2) is 38.5 Å². The highest BCUT2D eigenvalue weighted by Crippen LogP contribution is 2.30. The Balaban J connectivity index is 1.40. The molecule has 3 heterocycles. The number of nitrogens with one attached hydrogen (secondary N) is 2. The summed E-state index contributed by atoms with van der Waals surface area (Å²) < 4.78 is 25.9. The third-order valence-corrected chi connectivity index (χ3v) is 8.86. The summed E-state index contributed by atoms with van der Waals surface area (Å²) in [5.41, 5.74) is 5.12. The highest BCUT2D eigenvalue weighted by Gasteiger charge is 2.18. The molecule has 6 aromatic rings. The van der Waals surface area contributed by atoms with E-state index in [0.717, 1.165) is 26.1 Å². The number of hydrogen-bond donors (Lipinski definition) is 2. The molecule has 0 radical (unpaired) electrons. The lowest BCUT2D eigenvalue weighted by atomic mass is 9.98. The van der Waals surface area contributed by atoms with Gasteiger partial charge in [-0.25, -0.2) is 23.3 Å². The van der Waals surface area contributed by atoms with E-state index in [1.165, 1.54) is 46.4 Å². The summed E-state index contributed by atoms with van der Waals surface area (Å²) in [6.07, 6.45) is 1.94. The fraction of sp³-hybridized carbons (Fsp3) is 0.171. The van der Waals surface area contributed by atoms with Gasteiger partial charge in [-0.3, -0.25) is 29.2 Å². The van der Waals surface area contributed by atoms with Gasteiger partial charge in [0.15, 0.2) is 12.4 Å². The van der Waals surface area contributed by atoms with Crippen LogP contribution >= 0.6 is 11.3 Å². The third kappa shape index (κ3) is 7.20. The zero-order valence-electron chi connectivity index (χ0n) is 26.4. The predicted molar refractivity (Wildman–Crippen MR) is 183 cm³/mol. The fourth-order valence-corrected chi connectivity index (χ4v) is 6.28. The molecule has 0 bridgehead atoms. The van der Waals surface area contributed by atoms with Crippen LogP contribution < -0.4 is 22.5 Å². The second-order valence-electron chi connectivity index (χ2n) is 10.8. The van der Waals surface area contributed by atoms with E-state index in [4.69, 9.17) is 14.1 Å². The highest BCUT2D eigenvalue weighted by atomic mass is 32.1. The van der Waals surface area contributed by atoms with Gasteiger partial charge in [0.05, 0.1) is 24.2 Å². The molecule has 0 unspecified atom stereocenters. The van der Waals surface area contributed by atoms with Crippen molar-refractivity contribution in [3.05, 3.63) is 132 Å². The highest BCUT2D eigenvalue weighted by molar-refractivity contribution is 7.18. The first-order valence-corrected chi connectivity index (χ1v) is 16.1. The number of esters is 1. The van der Waals surface area contributed by atoms with E-state index < -0.39 is 35.4 Å². The number of hydroxylamine groups is 1. The Bertz CT molecular complexity index is 2330. The van der Waals surface area contributed by atoms with Gasteiger partial charge in [0, 0.05) is 22.2 Å². The first-order chi connectivity index (χ1) is 23.7. The zero-order chi connectivity index (χ0) is 34.5. The van der Waals surface area contributed by atoms with Crippen LogP contribution in [0.4, 0.5) is 4.39 Å². The van der Waals surface area contributed by atoms with Gasteiger partial charge in [0.25, 0.3) is 5.56 Å². The van der Waals surface area contributed by atoms with Gasteiger partial charge in [0.2, 0.25) is 0 Å². The molecule has 250 valence electrons. The lowest BCUT2D eigenvalue weighted by molar-refractivity contribution is -0.150. The zero-order valence-corrected chi connectivity index (χ0v) is 27.2. The minimum absolute atomic E-state index is 0.136. The van der Waals surface area contributed by atoms with Gasteiger partial charge < -0.3 is 4.74 Å². The summed E-state index contributed by atoms with van der Waals surface area (Å²) in [6, 6.07) is 22.1. The lowest BCUT2D eigenvalue weighted by Crippen LogP contribution is -2.37. The maximum Gasteiger partial charge on any atom is 0.439 e. The van der Waals surface area contributed by atoms with Crippen molar-refractivity contribution in [2.75, 3.05) is 13.2 Å².